The fraction of sp³-hybridized carbons (Fsp3) is 0.125. The molecule has 0 aliphatic carbocycles. The lowest BCUT2D eigenvalue weighted by Crippen LogP contribution is -1.97. The molecule has 0 aliphatic heterocycles. The van der Waals surface area contributed by atoms with Gasteiger partial charge in [0.25, 0.3) is 0 Å². The van der Waals surface area contributed by atoms with E-state index >= 15 is 0 Å². The van der Waals surface area contributed by atoms with Crippen molar-refractivity contribution in [2.75, 3.05) is 12.0 Å². The molecule has 1 N–H and O–H groups in total. The summed E-state index contributed by atoms with van der Waals surface area (Å²) < 4.78 is 0. The van der Waals surface area contributed by atoms with Gasteiger partial charge in [0.2, 0.25) is 0 Å². The molecule has 0 spiro atoms. The maximum atomic E-state index is 5.77. The van der Waals surface area contributed by atoms with Gasteiger partial charge in [-0.1, -0.05) is 23.2 Å². The van der Waals surface area contributed by atoms with Crippen molar-refractivity contribution >= 4 is 46.3 Å². The first-order valence-corrected chi connectivity index (χ1v) is 4.62. The molecule has 0 amide bonds. The van der Waals surface area contributed by atoms with Crippen molar-refractivity contribution in [1.29, 1.82) is 0 Å². The Morgan fingerprint density at radius 2 is 1.92 bits per heavy atom. The van der Waals surface area contributed by atoms with Crippen molar-refractivity contribution in [3.05, 3.63) is 28.2 Å². The molecule has 68 valence electrons. The van der Waals surface area contributed by atoms with Gasteiger partial charge in [0.05, 0.1) is 5.16 Å². The van der Waals surface area contributed by atoms with Gasteiger partial charge in [0.15, 0.2) is 0 Å². The van der Waals surface area contributed by atoms with E-state index < -0.39 is 0 Å². The van der Waals surface area contributed by atoms with Crippen LogP contribution >= 0.6 is 35.4 Å². The van der Waals surface area contributed by atoms with Gasteiger partial charge in [-0.2, -0.15) is 0 Å². The molecule has 0 heterocycles. The van der Waals surface area contributed by atoms with Gasteiger partial charge >= 0.3 is 0 Å². The molecule has 1 aromatic rings. The molecule has 0 aliphatic rings. The van der Waals surface area contributed by atoms with Crippen LogP contribution < -0.4 is 5.32 Å². The molecule has 0 saturated heterocycles. The second-order valence-electron chi connectivity index (χ2n) is 2.24. The fourth-order valence-corrected chi connectivity index (χ4v) is 1.41. The third-order valence-corrected chi connectivity index (χ3v) is 1.85. The van der Waals surface area contributed by atoms with Gasteiger partial charge in [-0.25, -0.2) is 4.99 Å². The summed E-state index contributed by atoms with van der Waals surface area (Å²) in [4.78, 5) is 3.69. The van der Waals surface area contributed by atoms with Crippen LogP contribution in [0.25, 0.3) is 0 Å². The third-order valence-electron chi connectivity index (χ3n) is 1.29. The second kappa shape index (κ2) is 5.20. The molecule has 0 atom stereocenters. The quantitative estimate of drug-likeness (QED) is 0.638. The van der Waals surface area contributed by atoms with Crippen LogP contribution in [0.3, 0.4) is 0 Å². The maximum absolute atomic E-state index is 5.77. The Bertz CT molecular complexity index is 328. The Morgan fingerprint density at radius 1 is 1.31 bits per heavy atom. The molecular formula is C8H6Cl2N2S. The predicted molar refractivity (Wildman–Crippen MR) is 60.0 cm³/mol. The first-order valence-electron chi connectivity index (χ1n) is 3.46. The van der Waals surface area contributed by atoms with E-state index in [-0.39, 0.29) is 0 Å². The van der Waals surface area contributed by atoms with Crippen molar-refractivity contribution in [3.63, 3.8) is 0 Å². The summed E-state index contributed by atoms with van der Waals surface area (Å²) in [7, 11) is 0. The van der Waals surface area contributed by atoms with Gasteiger partial charge in [-0.3, -0.25) is 0 Å². The van der Waals surface area contributed by atoms with Crippen LogP contribution in [0.1, 0.15) is 0 Å². The van der Waals surface area contributed by atoms with Gasteiger partial charge < -0.3 is 5.32 Å². The number of isothiocyanates is 1. The fourth-order valence-electron chi connectivity index (χ4n) is 0.819. The topological polar surface area (TPSA) is 24.4 Å². The van der Waals surface area contributed by atoms with E-state index in [1.807, 2.05) is 0 Å². The number of nitrogens with zero attached hydrogens (tertiary/aromatic N) is 1. The van der Waals surface area contributed by atoms with E-state index in [1.165, 1.54) is 0 Å². The lowest BCUT2D eigenvalue weighted by Gasteiger charge is -2.03. The zero-order valence-corrected chi connectivity index (χ0v) is 8.88. The van der Waals surface area contributed by atoms with Crippen molar-refractivity contribution in [2.24, 2.45) is 4.99 Å². The molecule has 13 heavy (non-hydrogen) atoms. The molecule has 0 unspecified atom stereocenters. The Labute approximate surface area is 91.6 Å². The molecule has 1 aromatic carbocycles. The van der Waals surface area contributed by atoms with Crippen LogP contribution in [0.15, 0.2) is 23.2 Å². The van der Waals surface area contributed by atoms with Crippen LogP contribution in [0.2, 0.25) is 10.0 Å². The summed E-state index contributed by atoms with van der Waals surface area (Å²) in [6, 6.07) is 5.18. The molecule has 0 fully saturated rings. The molecule has 1 rings (SSSR count). The molecule has 0 aromatic heterocycles. The Balaban J connectivity index is 2.71. The van der Waals surface area contributed by atoms with Crippen molar-refractivity contribution in [3.8, 4) is 0 Å². The van der Waals surface area contributed by atoms with Crippen LogP contribution in [-0.2, 0) is 0 Å². The van der Waals surface area contributed by atoms with Gasteiger partial charge in [-0.15, -0.1) is 0 Å². The lowest BCUT2D eigenvalue weighted by molar-refractivity contribution is 1.15. The number of rotatable bonds is 3. The molecular weight excluding hydrogens is 227 g/mol. The minimum Gasteiger partial charge on any atom is -0.366 e. The number of aliphatic imine (C=N–C) groups is 1. The number of thiocarbonyl (C=S) groups is 1. The van der Waals surface area contributed by atoms with Crippen LogP contribution in [0.4, 0.5) is 5.69 Å². The standard InChI is InChI=1S/C8H6Cl2N2S/c9-6-1-7(10)3-8(2-6)12-4-11-5-13/h1-3,12H,4H2. The molecule has 2 nitrogen and oxygen atoms in total. The number of anilines is 1. The summed E-state index contributed by atoms with van der Waals surface area (Å²) in [6.45, 7) is 0.375. The lowest BCUT2D eigenvalue weighted by atomic mass is 10.3. The largest absolute Gasteiger partial charge is 0.366 e. The highest BCUT2D eigenvalue weighted by atomic mass is 35.5. The van der Waals surface area contributed by atoms with E-state index in [2.05, 4.69) is 27.7 Å². The normalized spacial score (nSPS) is 9.08. The SMILES string of the molecule is S=C=NCNc1cc(Cl)cc(Cl)c1. The summed E-state index contributed by atoms with van der Waals surface area (Å²) in [5.74, 6) is 0. The summed E-state index contributed by atoms with van der Waals surface area (Å²) in [6.07, 6.45) is 0. The number of hydrogen-bond acceptors (Lipinski definition) is 3. The number of hydrogen-bond donors (Lipinski definition) is 1. The monoisotopic (exact) mass is 232 g/mol. The average molecular weight is 233 g/mol. The number of benzene rings is 1. The predicted octanol–water partition coefficient (Wildman–Crippen LogP) is 3.47. The Morgan fingerprint density at radius 3 is 2.46 bits per heavy atom. The highest BCUT2D eigenvalue weighted by molar-refractivity contribution is 7.78. The van der Waals surface area contributed by atoms with Crippen LogP contribution in [0.5, 0.6) is 0 Å². The highest BCUT2D eigenvalue weighted by Crippen LogP contribution is 2.22. The first kappa shape index (κ1) is 10.5. The summed E-state index contributed by atoms with van der Waals surface area (Å²) in [5.41, 5.74) is 0.812. The smallest absolute Gasteiger partial charge is 0.118 e. The van der Waals surface area contributed by atoms with Crippen LogP contribution in [0, 0.1) is 0 Å². The van der Waals surface area contributed by atoms with Crippen molar-refractivity contribution in [2.45, 2.75) is 0 Å². The van der Waals surface area contributed by atoms with Crippen molar-refractivity contribution < 1.29 is 0 Å². The van der Waals surface area contributed by atoms with E-state index in [9.17, 15) is 0 Å². The van der Waals surface area contributed by atoms with Gasteiger partial charge in [0, 0.05) is 15.7 Å². The van der Waals surface area contributed by atoms with E-state index in [0.29, 0.717) is 16.7 Å². The van der Waals surface area contributed by atoms with Gasteiger partial charge in [0.1, 0.15) is 6.67 Å². The van der Waals surface area contributed by atoms with E-state index in [0.717, 1.165) is 5.69 Å². The zero-order chi connectivity index (χ0) is 9.68. The third kappa shape index (κ3) is 3.75. The minimum absolute atomic E-state index is 0.375. The van der Waals surface area contributed by atoms with E-state index in [4.69, 9.17) is 23.2 Å². The highest BCUT2D eigenvalue weighted by Gasteiger charge is 1.95. The first-order chi connectivity index (χ1) is 6.22. The Kier molecular flexibility index (Phi) is 4.19. The van der Waals surface area contributed by atoms with E-state index in [1.54, 1.807) is 18.2 Å². The number of halogens is 2. The van der Waals surface area contributed by atoms with Gasteiger partial charge in [-0.05, 0) is 30.4 Å². The molecule has 0 saturated carbocycles. The minimum atomic E-state index is 0.375. The maximum Gasteiger partial charge on any atom is 0.118 e. The molecule has 5 heteroatoms. The summed E-state index contributed by atoms with van der Waals surface area (Å²) >= 11 is 16.0. The Hall–Kier alpha value is -0.600. The van der Waals surface area contributed by atoms with Crippen molar-refractivity contribution in [1.82, 2.24) is 0 Å². The summed E-state index contributed by atoms with van der Waals surface area (Å²) in [5, 5.41) is 6.38. The number of nitrogens with one attached hydrogen (secondary N) is 1. The molecule has 0 radical (unpaired) electrons. The second-order valence-corrected chi connectivity index (χ2v) is 3.30. The van der Waals surface area contributed by atoms with Crippen LogP contribution in [-0.4, -0.2) is 11.8 Å². The zero-order valence-electron chi connectivity index (χ0n) is 6.55. The molecule has 0 bridgehead atoms. The average Bonchev–Trinajstić information content (AvgIpc) is 2.03.